The fourth-order valence-corrected chi connectivity index (χ4v) is 1.44. The van der Waals surface area contributed by atoms with Crippen molar-refractivity contribution >= 4 is 17.6 Å². The molecule has 0 aliphatic rings. The highest BCUT2D eigenvalue weighted by Crippen LogP contribution is 2.16. The van der Waals surface area contributed by atoms with Gasteiger partial charge in [0.25, 0.3) is 0 Å². The Bertz CT molecular complexity index is 463. The molecule has 4 N–H and O–H groups in total. The lowest BCUT2D eigenvalue weighted by Gasteiger charge is -2.17. The summed E-state index contributed by atoms with van der Waals surface area (Å²) < 4.78 is 4.99. The molecule has 1 rings (SSSR count). The Hall–Kier alpha value is -2.08. The third kappa shape index (κ3) is 6.75. The third-order valence-electron chi connectivity index (χ3n) is 2.50. The van der Waals surface area contributed by atoms with Crippen LogP contribution in [0.2, 0.25) is 0 Å². The van der Waals surface area contributed by atoms with Crippen molar-refractivity contribution < 1.29 is 19.4 Å². The summed E-state index contributed by atoms with van der Waals surface area (Å²) >= 11 is 0. The van der Waals surface area contributed by atoms with Gasteiger partial charge >= 0.3 is 5.97 Å². The number of anilines is 1. The summed E-state index contributed by atoms with van der Waals surface area (Å²) in [7, 11) is 0. The van der Waals surface area contributed by atoms with Crippen LogP contribution in [0.1, 0.15) is 26.7 Å². The van der Waals surface area contributed by atoms with Gasteiger partial charge in [0.2, 0.25) is 5.91 Å². The average Bonchev–Trinajstić information content (AvgIpc) is 2.35. The molecule has 0 radical (unpaired) electrons. The van der Waals surface area contributed by atoms with Crippen molar-refractivity contribution in [3.8, 4) is 5.75 Å². The first kappa shape index (κ1) is 16.0. The van der Waals surface area contributed by atoms with Crippen molar-refractivity contribution in [2.24, 2.45) is 5.73 Å². The molecule has 0 unspecified atom stereocenters. The van der Waals surface area contributed by atoms with Crippen LogP contribution in [0.5, 0.6) is 5.75 Å². The van der Waals surface area contributed by atoms with Crippen LogP contribution in [-0.4, -0.2) is 29.1 Å². The monoisotopic (exact) mass is 280 g/mol. The topological polar surface area (TPSA) is 102 Å². The predicted molar refractivity (Wildman–Crippen MR) is 75.7 cm³/mol. The van der Waals surface area contributed by atoms with Gasteiger partial charge in [0.15, 0.2) is 6.61 Å². The highest BCUT2D eigenvalue weighted by Gasteiger charge is 2.13. The number of carbonyl (C=O) groups excluding carboxylic acids is 1. The van der Waals surface area contributed by atoms with Gasteiger partial charge in [0.05, 0.1) is 0 Å². The van der Waals surface area contributed by atoms with Crippen molar-refractivity contribution in [3.63, 3.8) is 0 Å². The number of nitrogens with one attached hydrogen (secondary N) is 1. The average molecular weight is 280 g/mol. The van der Waals surface area contributed by atoms with Gasteiger partial charge in [-0.2, -0.15) is 0 Å². The fraction of sp³-hybridized carbons (Fsp3) is 0.429. The Labute approximate surface area is 117 Å². The minimum Gasteiger partial charge on any atom is -0.482 e. The van der Waals surface area contributed by atoms with Crippen LogP contribution in [0.3, 0.4) is 0 Å². The highest BCUT2D eigenvalue weighted by atomic mass is 16.5. The molecule has 0 spiro atoms. The van der Waals surface area contributed by atoms with E-state index in [9.17, 15) is 9.59 Å². The summed E-state index contributed by atoms with van der Waals surface area (Å²) in [5.74, 6) is -0.706. The van der Waals surface area contributed by atoms with Gasteiger partial charge in [-0.1, -0.05) is 0 Å². The Morgan fingerprint density at radius 3 is 2.40 bits per heavy atom. The summed E-state index contributed by atoms with van der Waals surface area (Å²) in [5, 5.41) is 11.2. The molecule has 0 aliphatic carbocycles. The zero-order valence-corrected chi connectivity index (χ0v) is 11.7. The molecule has 0 bridgehead atoms. The van der Waals surface area contributed by atoms with Crippen LogP contribution in [0.25, 0.3) is 0 Å². The molecule has 0 saturated heterocycles. The SMILES string of the molecule is CC(C)(N)CCC(=O)Nc1ccc(OCC(=O)O)cc1. The van der Waals surface area contributed by atoms with Gasteiger partial charge in [-0.25, -0.2) is 4.79 Å². The van der Waals surface area contributed by atoms with Crippen LogP contribution in [-0.2, 0) is 9.59 Å². The highest BCUT2D eigenvalue weighted by molar-refractivity contribution is 5.90. The molecule has 6 nitrogen and oxygen atoms in total. The van der Waals surface area contributed by atoms with Crippen LogP contribution in [0.4, 0.5) is 5.69 Å². The van der Waals surface area contributed by atoms with Gasteiger partial charge in [-0.05, 0) is 44.5 Å². The lowest BCUT2D eigenvalue weighted by molar-refractivity contribution is -0.139. The first-order valence-electron chi connectivity index (χ1n) is 6.30. The molecule has 0 aliphatic heterocycles. The molecular weight excluding hydrogens is 260 g/mol. The first-order chi connectivity index (χ1) is 9.26. The molecule has 1 aromatic rings. The maximum atomic E-state index is 11.7. The predicted octanol–water partition coefficient (Wildman–Crippen LogP) is 1.61. The molecule has 6 heteroatoms. The number of hydrogen-bond donors (Lipinski definition) is 3. The number of carbonyl (C=O) groups is 2. The van der Waals surface area contributed by atoms with E-state index in [1.54, 1.807) is 24.3 Å². The number of carboxylic acid groups (broad SMARTS) is 1. The van der Waals surface area contributed by atoms with Gasteiger partial charge in [0.1, 0.15) is 5.75 Å². The van der Waals surface area contributed by atoms with Crippen LogP contribution < -0.4 is 15.8 Å². The lowest BCUT2D eigenvalue weighted by Crippen LogP contribution is -2.33. The first-order valence-corrected chi connectivity index (χ1v) is 6.30. The van der Waals surface area contributed by atoms with E-state index in [1.807, 2.05) is 13.8 Å². The van der Waals surface area contributed by atoms with Crippen molar-refractivity contribution in [2.45, 2.75) is 32.2 Å². The fourth-order valence-electron chi connectivity index (χ4n) is 1.44. The summed E-state index contributed by atoms with van der Waals surface area (Å²) in [5.41, 5.74) is 6.07. The van der Waals surface area contributed by atoms with Crippen molar-refractivity contribution in [1.82, 2.24) is 0 Å². The Balaban J connectivity index is 2.44. The van der Waals surface area contributed by atoms with Gasteiger partial charge < -0.3 is 20.9 Å². The van der Waals surface area contributed by atoms with Crippen LogP contribution in [0, 0.1) is 0 Å². The number of hydrogen-bond acceptors (Lipinski definition) is 4. The number of ether oxygens (including phenoxy) is 1. The second-order valence-corrected chi connectivity index (χ2v) is 5.24. The van der Waals surface area contributed by atoms with Gasteiger partial charge in [-0.3, -0.25) is 4.79 Å². The van der Waals surface area contributed by atoms with E-state index in [4.69, 9.17) is 15.6 Å². The molecule has 1 aromatic carbocycles. The molecule has 110 valence electrons. The van der Waals surface area contributed by atoms with Crippen molar-refractivity contribution in [2.75, 3.05) is 11.9 Å². The molecule has 1 amide bonds. The number of benzene rings is 1. The van der Waals surface area contributed by atoms with E-state index >= 15 is 0 Å². The second kappa shape index (κ2) is 6.91. The Morgan fingerprint density at radius 1 is 1.30 bits per heavy atom. The molecule has 0 fully saturated rings. The van der Waals surface area contributed by atoms with E-state index in [-0.39, 0.29) is 11.4 Å². The second-order valence-electron chi connectivity index (χ2n) is 5.24. The molecule has 0 aromatic heterocycles. The van der Waals surface area contributed by atoms with E-state index in [1.165, 1.54) is 0 Å². The van der Waals surface area contributed by atoms with Crippen LogP contribution >= 0.6 is 0 Å². The minimum absolute atomic E-state index is 0.109. The van der Waals surface area contributed by atoms with E-state index in [2.05, 4.69) is 5.32 Å². The molecule has 0 atom stereocenters. The number of rotatable bonds is 7. The molecule has 0 saturated carbocycles. The van der Waals surface area contributed by atoms with E-state index in [0.717, 1.165) is 0 Å². The summed E-state index contributed by atoms with van der Waals surface area (Å²) in [4.78, 5) is 22.0. The normalized spacial score (nSPS) is 10.9. The zero-order chi connectivity index (χ0) is 15.2. The summed E-state index contributed by atoms with van der Waals surface area (Å²) in [6, 6.07) is 6.52. The third-order valence-corrected chi connectivity index (χ3v) is 2.50. The molecule has 0 heterocycles. The van der Waals surface area contributed by atoms with Gasteiger partial charge in [0, 0.05) is 17.6 Å². The standard InChI is InChI=1S/C14H20N2O4/c1-14(2,15)8-7-12(17)16-10-3-5-11(6-4-10)20-9-13(18)19/h3-6H,7-9,15H2,1-2H3,(H,16,17)(H,18,19). The van der Waals surface area contributed by atoms with Crippen molar-refractivity contribution in [1.29, 1.82) is 0 Å². The molecular formula is C14H20N2O4. The van der Waals surface area contributed by atoms with Gasteiger partial charge in [-0.15, -0.1) is 0 Å². The summed E-state index contributed by atoms with van der Waals surface area (Å²) in [6.07, 6.45) is 0.944. The Morgan fingerprint density at radius 2 is 1.90 bits per heavy atom. The number of carboxylic acids is 1. The van der Waals surface area contributed by atoms with E-state index in [0.29, 0.717) is 24.3 Å². The quantitative estimate of drug-likeness (QED) is 0.704. The number of amides is 1. The minimum atomic E-state index is -1.04. The molecule has 20 heavy (non-hydrogen) atoms. The smallest absolute Gasteiger partial charge is 0.341 e. The summed E-state index contributed by atoms with van der Waals surface area (Å²) in [6.45, 7) is 3.35. The van der Waals surface area contributed by atoms with Crippen molar-refractivity contribution in [3.05, 3.63) is 24.3 Å². The van der Waals surface area contributed by atoms with Crippen LogP contribution in [0.15, 0.2) is 24.3 Å². The zero-order valence-electron chi connectivity index (χ0n) is 11.7. The lowest BCUT2D eigenvalue weighted by atomic mass is 10.00. The van der Waals surface area contributed by atoms with E-state index < -0.39 is 12.6 Å². The maximum Gasteiger partial charge on any atom is 0.341 e. The number of nitrogens with two attached hydrogens (primary N) is 1. The maximum absolute atomic E-state index is 11.7. The number of aliphatic carboxylic acids is 1. The largest absolute Gasteiger partial charge is 0.482 e. The Kier molecular flexibility index (Phi) is 5.52.